The zero-order chi connectivity index (χ0) is 19.0. The van der Waals surface area contributed by atoms with Crippen LogP contribution in [0.2, 0.25) is 0 Å². The van der Waals surface area contributed by atoms with Gasteiger partial charge in [0.25, 0.3) is 0 Å². The molecule has 0 saturated carbocycles. The van der Waals surface area contributed by atoms with Crippen LogP contribution in [0, 0.1) is 0 Å². The maximum absolute atomic E-state index is 12.8. The van der Waals surface area contributed by atoms with Crippen LogP contribution in [0.3, 0.4) is 0 Å². The number of imidazole rings is 1. The summed E-state index contributed by atoms with van der Waals surface area (Å²) in [5.74, 6) is 2.22. The predicted molar refractivity (Wildman–Crippen MR) is 100 cm³/mol. The van der Waals surface area contributed by atoms with Crippen molar-refractivity contribution < 1.29 is 9.32 Å². The van der Waals surface area contributed by atoms with Crippen molar-refractivity contribution in [1.29, 1.82) is 0 Å². The molecule has 1 saturated heterocycles. The third-order valence-corrected chi connectivity index (χ3v) is 5.05. The molecule has 3 heterocycles. The number of nitrogens with zero attached hydrogens (tertiary/aromatic N) is 5. The van der Waals surface area contributed by atoms with E-state index in [2.05, 4.69) is 20.4 Å². The van der Waals surface area contributed by atoms with Gasteiger partial charge in [-0.1, -0.05) is 31.1 Å². The zero-order valence-corrected chi connectivity index (χ0v) is 15.8. The Morgan fingerprint density at radius 1 is 1.33 bits per heavy atom. The van der Waals surface area contributed by atoms with Gasteiger partial charge >= 0.3 is 6.03 Å². The van der Waals surface area contributed by atoms with Crippen LogP contribution in [0.15, 0.2) is 28.8 Å². The molecule has 0 bridgehead atoms. The normalized spacial score (nSPS) is 17.2. The Bertz CT molecular complexity index is 960. The van der Waals surface area contributed by atoms with Crippen molar-refractivity contribution in [3.63, 3.8) is 0 Å². The molecular formula is C19H24N6O2. The maximum Gasteiger partial charge on any atom is 0.318 e. The highest BCUT2D eigenvalue weighted by molar-refractivity contribution is 5.77. The fourth-order valence-electron chi connectivity index (χ4n) is 3.49. The highest BCUT2D eigenvalue weighted by atomic mass is 16.5. The van der Waals surface area contributed by atoms with Crippen molar-refractivity contribution in [3.05, 3.63) is 41.8 Å². The third-order valence-electron chi connectivity index (χ3n) is 5.05. The van der Waals surface area contributed by atoms with E-state index in [1.807, 2.05) is 49.7 Å². The van der Waals surface area contributed by atoms with Gasteiger partial charge in [-0.2, -0.15) is 4.98 Å². The molecule has 1 aliphatic rings. The predicted octanol–water partition coefficient (Wildman–Crippen LogP) is 3.13. The fraction of sp³-hybridized carbons (Fsp3) is 0.474. The number of carbonyl (C=O) groups is 1. The van der Waals surface area contributed by atoms with E-state index in [4.69, 9.17) is 4.52 Å². The standard InChI is InChI=1S/C19H24N6O2/c1-12(2)17-22-18(27-23-17)15-9-6-10-25(15)19(26)20-11-16-21-13-7-4-5-8-14(13)24(16)3/h4-5,7-8,12,15H,6,9-11H2,1-3H3,(H,20,26)/t15-/m0/s1. The quantitative estimate of drug-likeness (QED) is 0.764. The van der Waals surface area contributed by atoms with Gasteiger partial charge in [-0.3, -0.25) is 0 Å². The molecule has 142 valence electrons. The van der Waals surface area contributed by atoms with E-state index in [0.29, 0.717) is 24.8 Å². The van der Waals surface area contributed by atoms with E-state index in [0.717, 1.165) is 29.7 Å². The van der Waals surface area contributed by atoms with Gasteiger partial charge in [0.15, 0.2) is 5.82 Å². The van der Waals surface area contributed by atoms with Crippen LogP contribution < -0.4 is 5.32 Å². The Morgan fingerprint density at radius 3 is 2.89 bits per heavy atom. The van der Waals surface area contributed by atoms with Crippen molar-refractivity contribution in [2.24, 2.45) is 7.05 Å². The second kappa shape index (κ2) is 7.02. The number of para-hydroxylation sites is 2. The van der Waals surface area contributed by atoms with Gasteiger partial charge in [-0.15, -0.1) is 0 Å². The Morgan fingerprint density at radius 2 is 2.15 bits per heavy atom. The number of likely N-dealkylation sites (tertiary alicyclic amines) is 1. The molecule has 2 aromatic heterocycles. The summed E-state index contributed by atoms with van der Waals surface area (Å²) in [6, 6.07) is 7.64. The topological polar surface area (TPSA) is 89.1 Å². The first-order chi connectivity index (χ1) is 13.0. The monoisotopic (exact) mass is 368 g/mol. The number of carbonyl (C=O) groups excluding carboxylic acids is 1. The summed E-state index contributed by atoms with van der Waals surface area (Å²) in [5.41, 5.74) is 1.98. The number of fused-ring (bicyclic) bond motifs is 1. The second-order valence-corrected chi connectivity index (χ2v) is 7.23. The molecule has 3 aromatic rings. The number of nitrogens with one attached hydrogen (secondary N) is 1. The summed E-state index contributed by atoms with van der Waals surface area (Å²) >= 11 is 0. The summed E-state index contributed by atoms with van der Waals surface area (Å²) in [7, 11) is 1.96. The van der Waals surface area contributed by atoms with Gasteiger partial charge in [0.2, 0.25) is 5.89 Å². The minimum absolute atomic E-state index is 0.131. The molecule has 27 heavy (non-hydrogen) atoms. The second-order valence-electron chi connectivity index (χ2n) is 7.23. The van der Waals surface area contributed by atoms with Gasteiger partial charge in [0.05, 0.1) is 17.6 Å². The minimum atomic E-state index is -0.162. The molecule has 4 rings (SSSR count). The smallest absolute Gasteiger partial charge is 0.318 e. The van der Waals surface area contributed by atoms with Crippen molar-refractivity contribution in [3.8, 4) is 0 Å². The number of hydrogen-bond donors (Lipinski definition) is 1. The van der Waals surface area contributed by atoms with E-state index >= 15 is 0 Å². The largest absolute Gasteiger partial charge is 0.337 e. The number of rotatable bonds is 4. The molecule has 8 heteroatoms. The van der Waals surface area contributed by atoms with E-state index in [9.17, 15) is 4.79 Å². The van der Waals surface area contributed by atoms with Crippen LogP contribution in [-0.2, 0) is 13.6 Å². The van der Waals surface area contributed by atoms with Crippen LogP contribution in [0.4, 0.5) is 4.79 Å². The Balaban J connectivity index is 1.45. The Labute approximate surface area is 157 Å². The lowest BCUT2D eigenvalue weighted by Gasteiger charge is -2.22. The number of benzene rings is 1. The average molecular weight is 368 g/mol. The molecule has 1 aliphatic heterocycles. The van der Waals surface area contributed by atoms with Crippen molar-refractivity contribution in [2.45, 2.75) is 45.2 Å². The van der Waals surface area contributed by atoms with Gasteiger partial charge in [0, 0.05) is 19.5 Å². The Hall–Kier alpha value is -2.90. The van der Waals surface area contributed by atoms with E-state index in [-0.39, 0.29) is 18.0 Å². The first-order valence-electron chi connectivity index (χ1n) is 9.33. The lowest BCUT2D eigenvalue weighted by molar-refractivity contribution is 0.179. The molecule has 0 spiro atoms. The van der Waals surface area contributed by atoms with Crippen LogP contribution in [0.25, 0.3) is 11.0 Å². The van der Waals surface area contributed by atoms with Crippen molar-refractivity contribution in [2.75, 3.05) is 6.54 Å². The molecule has 0 radical (unpaired) electrons. The van der Waals surface area contributed by atoms with Gasteiger partial charge in [-0.05, 0) is 25.0 Å². The van der Waals surface area contributed by atoms with E-state index < -0.39 is 0 Å². The summed E-state index contributed by atoms with van der Waals surface area (Å²) in [5, 5.41) is 7.01. The first kappa shape index (κ1) is 17.5. The SMILES string of the molecule is CC(C)c1noc([C@@H]2CCCN2C(=O)NCc2nc3ccccc3n2C)n1. The highest BCUT2D eigenvalue weighted by Crippen LogP contribution is 2.31. The number of amides is 2. The molecule has 0 aliphatic carbocycles. The first-order valence-corrected chi connectivity index (χ1v) is 9.33. The maximum atomic E-state index is 12.8. The lowest BCUT2D eigenvalue weighted by Crippen LogP contribution is -2.39. The molecular weight excluding hydrogens is 344 g/mol. The average Bonchev–Trinajstić information content (AvgIpc) is 3.38. The van der Waals surface area contributed by atoms with Crippen molar-refractivity contribution >= 4 is 17.1 Å². The minimum Gasteiger partial charge on any atom is -0.337 e. The molecule has 8 nitrogen and oxygen atoms in total. The van der Waals surface area contributed by atoms with Gasteiger partial charge in [0.1, 0.15) is 11.9 Å². The summed E-state index contributed by atoms with van der Waals surface area (Å²) < 4.78 is 7.42. The van der Waals surface area contributed by atoms with Crippen LogP contribution >= 0.6 is 0 Å². The summed E-state index contributed by atoms with van der Waals surface area (Å²) in [6.45, 7) is 5.09. The third kappa shape index (κ3) is 3.27. The molecule has 0 unspecified atom stereocenters. The summed E-state index contributed by atoms with van der Waals surface area (Å²) in [4.78, 5) is 23.6. The number of aromatic nitrogens is 4. The van der Waals surface area contributed by atoms with Crippen LogP contribution in [-0.4, -0.2) is 37.2 Å². The molecule has 1 aromatic carbocycles. The van der Waals surface area contributed by atoms with Gasteiger partial charge in [-0.25, -0.2) is 9.78 Å². The molecule has 1 N–H and O–H groups in total. The number of hydrogen-bond acceptors (Lipinski definition) is 5. The van der Waals surface area contributed by atoms with Crippen molar-refractivity contribution in [1.82, 2.24) is 29.9 Å². The Kier molecular flexibility index (Phi) is 4.55. The summed E-state index contributed by atoms with van der Waals surface area (Å²) in [6.07, 6.45) is 1.75. The van der Waals surface area contributed by atoms with Crippen LogP contribution in [0.1, 0.15) is 56.2 Å². The highest BCUT2D eigenvalue weighted by Gasteiger charge is 2.34. The molecule has 2 amide bonds. The lowest BCUT2D eigenvalue weighted by atomic mass is 10.2. The molecule has 1 fully saturated rings. The zero-order valence-electron chi connectivity index (χ0n) is 15.8. The number of urea groups is 1. The fourth-order valence-corrected chi connectivity index (χ4v) is 3.49. The van der Waals surface area contributed by atoms with Crippen LogP contribution in [0.5, 0.6) is 0 Å². The van der Waals surface area contributed by atoms with E-state index in [1.165, 1.54) is 0 Å². The van der Waals surface area contributed by atoms with Gasteiger partial charge < -0.3 is 19.3 Å². The molecule has 1 atom stereocenters. The number of aryl methyl sites for hydroxylation is 1. The van der Waals surface area contributed by atoms with E-state index in [1.54, 1.807) is 4.90 Å².